The quantitative estimate of drug-likeness (QED) is 0.549. The minimum atomic E-state index is -3.62. The van der Waals surface area contributed by atoms with Gasteiger partial charge < -0.3 is 4.90 Å². The molecule has 1 fully saturated rings. The van der Waals surface area contributed by atoms with Crippen LogP contribution in [0.15, 0.2) is 59.6 Å². The summed E-state index contributed by atoms with van der Waals surface area (Å²) < 4.78 is 42.7. The number of hydrogen-bond acceptors (Lipinski definition) is 4. The van der Waals surface area contributed by atoms with Crippen LogP contribution in [0.5, 0.6) is 0 Å². The molecule has 2 aromatic carbocycles. The first-order valence-corrected chi connectivity index (χ1v) is 12.8. The normalized spacial score (nSPS) is 15.5. The van der Waals surface area contributed by atoms with Crippen molar-refractivity contribution in [1.82, 2.24) is 19.0 Å². The minimum absolute atomic E-state index is 0.00288. The van der Waals surface area contributed by atoms with Gasteiger partial charge >= 0.3 is 0 Å². The summed E-state index contributed by atoms with van der Waals surface area (Å²) in [7, 11) is -3.62. The maximum absolute atomic E-state index is 13.5. The van der Waals surface area contributed by atoms with Gasteiger partial charge in [0.2, 0.25) is 10.0 Å². The molecule has 1 saturated heterocycles. The highest BCUT2D eigenvalue weighted by molar-refractivity contribution is 7.89. The molecule has 34 heavy (non-hydrogen) atoms. The molecule has 2 heterocycles. The molecule has 9 heteroatoms. The maximum Gasteiger partial charge on any atom is 0.257 e. The molecule has 4 rings (SSSR count). The average Bonchev–Trinajstić information content (AvgIpc) is 3.10. The van der Waals surface area contributed by atoms with Gasteiger partial charge in [-0.25, -0.2) is 17.5 Å². The van der Waals surface area contributed by atoms with Crippen molar-refractivity contribution in [3.8, 4) is 5.69 Å². The SMILES string of the molecule is Cc1ccc(S(=O)(=O)N2CCCN(C(=O)c3cnn(-c4ccc(F)cc4)c3C(C)C)CC2)cc1. The van der Waals surface area contributed by atoms with Crippen LogP contribution < -0.4 is 0 Å². The first kappa shape index (κ1) is 24.1. The van der Waals surface area contributed by atoms with E-state index >= 15 is 0 Å². The van der Waals surface area contributed by atoms with Gasteiger partial charge in [-0.15, -0.1) is 0 Å². The summed E-state index contributed by atoms with van der Waals surface area (Å²) in [4.78, 5) is 15.4. The average molecular weight is 485 g/mol. The number of hydrogen-bond donors (Lipinski definition) is 0. The highest BCUT2D eigenvalue weighted by Crippen LogP contribution is 2.25. The standard InChI is InChI=1S/C25H29FN4O3S/c1-18(2)24-23(17-27-30(24)21-9-7-20(26)8-10-21)25(31)28-13-4-14-29(16-15-28)34(32,33)22-11-5-19(3)6-12-22/h5-12,17-18H,4,13-16H2,1-3H3. The van der Waals surface area contributed by atoms with Gasteiger partial charge in [-0.2, -0.15) is 9.40 Å². The lowest BCUT2D eigenvalue weighted by atomic mass is 10.0. The molecule has 180 valence electrons. The van der Waals surface area contributed by atoms with Crippen LogP contribution in [0.4, 0.5) is 4.39 Å². The summed E-state index contributed by atoms with van der Waals surface area (Å²) in [5, 5.41) is 4.42. The molecule has 0 aliphatic carbocycles. The minimum Gasteiger partial charge on any atom is -0.337 e. The second-order valence-corrected chi connectivity index (χ2v) is 10.8. The van der Waals surface area contributed by atoms with E-state index in [1.165, 1.54) is 16.4 Å². The van der Waals surface area contributed by atoms with E-state index in [1.54, 1.807) is 52.2 Å². The second-order valence-electron chi connectivity index (χ2n) is 8.85. The van der Waals surface area contributed by atoms with Crippen LogP contribution >= 0.6 is 0 Å². The van der Waals surface area contributed by atoms with E-state index in [0.29, 0.717) is 37.3 Å². The molecule has 3 aromatic rings. The van der Waals surface area contributed by atoms with E-state index in [0.717, 1.165) is 11.3 Å². The third-order valence-corrected chi connectivity index (χ3v) is 7.97. The van der Waals surface area contributed by atoms with E-state index in [9.17, 15) is 17.6 Å². The molecular weight excluding hydrogens is 455 g/mol. The first-order valence-electron chi connectivity index (χ1n) is 11.4. The highest BCUT2D eigenvalue weighted by atomic mass is 32.2. The zero-order chi connectivity index (χ0) is 24.5. The second kappa shape index (κ2) is 9.68. The van der Waals surface area contributed by atoms with Crippen LogP contribution in [0.3, 0.4) is 0 Å². The van der Waals surface area contributed by atoms with Crippen molar-refractivity contribution in [3.05, 3.63) is 77.4 Å². The number of carbonyl (C=O) groups is 1. The van der Waals surface area contributed by atoms with Crippen LogP contribution in [-0.2, 0) is 10.0 Å². The first-order chi connectivity index (χ1) is 16.2. The molecule has 0 saturated carbocycles. The number of amides is 1. The smallest absolute Gasteiger partial charge is 0.257 e. The highest BCUT2D eigenvalue weighted by Gasteiger charge is 2.30. The van der Waals surface area contributed by atoms with Crippen LogP contribution in [0.25, 0.3) is 5.69 Å². The van der Waals surface area contributed by atoms with Crippen LogP contribution in [0, 0.1) is 12.7 Å². The summed E-state index contributed by atoms with van der Waals surface area (Å²) in [6, 6.07) is 12.8. The summed E-state index contributed by atoms with van der Waals surface area (Å²) >= 11 is 0. The number of nitrogens with zero attached hydrogens (tertiary/aromatic N) is 4. The zero-order valence-electron chi connectivity index (χ0n) is 19.6. The predicted molar refractivity (Wildman–Crippen MR) is 128 cm³/mol. The predicted octanol–water partition coefficient (Wildman–Crippen LogP) is 3.98. The third kappa shape index (κ3) is 4.76. The lowest BCUT2D eigenvalue weighted by molar-refractivity contribution is 0.0762. The number of aryl methyl sites for hydroxylation is 1. The molecule has 0 unspecified atom stereocenters. The zero-order valence-corrected chi connectivity index (χ0v) is 20.4. The molecule has 0 bridgehead atoms. The number of halogens is 1. The van der Waals surface area contributed by atoms with Gasteiger partial charge in [-0.3, -0.25) is 4.79 Å². The van der Waals surface area contributed by atoms with Gasteiger partial charge in [-0.1, -0.05) is 31.5 Å². The topological polar surface area (TPSA) is 75.5 Å². The Morgan fingerprint density at radius 3 is 2.29 bits per heavy atom. The lowest BCUT2D eigenvalue weighted by Crippen LogP contribution is -2.37. The Hall–Kier alpha value is -3.04. The monoisotopic (exact) mass is 484 g/mol. The Balaban J connectivity index is 1.55. The van der Waals surface area contributed by atoms with E-state index in [4.69, 9.17) is 0 Å². The van der Waals surface area contributed by atoms with Gasteiger partial charge in [0.15, 0.2) is 0 Å². The Morgan fingerprint density at radius 2 is 1.65 bits per heavy atom. The van der Waals surface area contributed by atoms with Crippen LogP contribution in [0.2, 0.25) is 0 Å². The molecule has 1 aliphatic rings. The Kier molecular flexibility index (Phi) is 6.86. The summed E-state index contributed by atoms with van der Waals surface area (Å²) in [6.45, 7) is 7.20. The van der Waals surface area contributed by atoms with Crippen LogP contribution in [-0.4, -0.2) is 59.5 Å². The lowest BCUT2D eigenvalue weighted by Gasteiger charge is -2.22. The number of carbonyl (C=O) groups excluding carboxylic acids is 1. The summed E-state index contributed by atoms with van der Waals surface area (Å²) in [5.74, 6) is -0.517. The molecule has 7 nitrogen and oxygen atoms in total. The van der Waals surface area contributed by atoms with Crippen molar-refractivity contribution in [1.29, 1.82) is 0 Å². The molecular formula is C25H29FN4O3S. The van der Waals surface area contributed by atoms with E-state index < -0.39 is 10.0 Å². The Bertz CT molecular complexity index is 1270. The number of aromatic nitrogens is 2. The fraction of sp³-hybridized carbons (Fsp3) is 0.360. The van der Waals surface area contributed by atoms with E-state index in [2.05, 4.69) is 5.10 Å². The van der Waals surface area contributed by atoms with Crippen molar-refractivity contribution in [3.63, 3.8) is 0 Å². The van der Waals surface area contributed by atoms with Gasteiger partial charge in [0.05, 0.1) is 28.0 Å². The number of benzene rings is 2. The van der Waals surface area contributed by atoms with Crippen molar-refractivity contribution in [2.24, 2.45) is 0 Å². The molecule has 1 aliphatic heterocycles. The molecule has 1 aromatic heterocycles. The third-order valence-electron chi connectivity index (χ3n) is 6.06. The summed E-state index contributed by atoms with van der Waals surface area (Å²) in [5.41, 5.74) is 2.89. The van der Waals surface area contributed by atoms with Gasteiger partial charge in [0.1, 0.15) is 5.82 Å². The fourth-order valence-electron chi connectivity index (χ4n) is 4.23. The molecule has 0 N–H and O–H groups in total. The molecule has 1 amide bonds. The van der Waals surface area contributed by atoms with Crippen molar-refractivity contribution < 1.29 is 17.6 Å². The largest absolute Gasteiger partial charge is 0.337 e. The van der Waals surface area contributed by atoms with E-state index in [-0.39, 0.29) is 29.1 Å². The van der Waals surface area contributed by atoms with Gasteiger partial charge in [-0.05, 0) is 55.7 Å². The maximum atomic E-state index is 13.5. The van der Waals surface area contributed by atoms with Crippen molar-refractivity contribution >= 4 is 15.9 Å². The Labute approximate surface area is 199 Å². The van der Waals surface area contributed by atoms with Crippen LogP contribution in [0.1, 0.15) is 47.8 Å². The molecule has 0 spiro atoms. The fourth-order valence-corrected chi connectivity index (χ4v) is 5.70. The van der Waals surface area contributed by atoms with E-state index in [1.807, 2.05) is 20.8 Å². The molecule has 0 radical (unpaired) electrons. The van der Waals surface area contributed by atoms with Gasteiger partial charge in [0.25, 0.3) is 5.91 Å². The van der Waals surface area contributed by atoms with Gasteiger partial charge in [0, 0.05) is 26.2 Å². The Morgan fingerprint density at radius 1 is 0.971 bits per heavy atom. The van der Waals surface area contributed by atoms with Crippen molar-refractivity contribution in [2.45, 2.75) is 38.0 Å². The summed E-state index contributed by atoms with van der Waals surface area (Å²) in [6.07, 6.45) is 2.09. The molecule has 0 atom stereocenters. The number of sulfonamides is 1. The number of rotatable bonds is 5. The van der Waals surface area contributed by atoms with Crippen molar-refractivity contribution in [2.75, 3.05) is 26.2 Å².